The van der Waals surface area contributed by atoms with Crippen LogP contribution in [0.4, 0.5) is 0 Å². The largest absolute Gasteiger partial charge is 0.335 e. The number of hydrogen-bond donors (Lipinski definition) is 0. The highest BCUT2D eigenvalue weighted by atomic mass is 32.1. The molecule has 1 fully saturated rings. The molecule has 6 nitrogen and oxygen atoms in total. The van der Waals surface area contributed by atoms with Crippen LogP contribution >= 0.6 is 11.3 Å². The van der Waals surface area contributed by atoms with E-state index in [0.29, 0.717) is 25.2 Å². The van der Waals surface area contributed by atoms with Crippen LogP contribution in [0.25, 0.3) is 10.2 Å². The van der Waals surface area contributed by atoms with Gasteiger partial charge in [0.25, 0.3) is 17.6 Å². The highest BCUT2D eigenvalue weighted by Crippen LogP contribution is 2.23. The van der Waals surface area contributed by atoms with E-state index in [2.05, 4.69) is 4.98 Å². The van der Waals surface area contributed by atoms with Crippen LogP contribution in [0.1, 0.15) is 29.6 Å². The molecule has 1 aliphatic carbocycles. The summed E-state index contributed by atoms with van der Waals surface area (Å²) in [4.78, 5) is 45.7. The predicted octanol–water partition coefficient (Wildman–Crippen LogP) is 2.81. The Morgan fingerprint density at radius 1 is 1.14 bits per heavy atom. The maximum absolute atomic E-state index is 12.8. The van der Waals surface area contributed by atoms with Gasteiger partial charge >= 0.3 is 0 Å². The standard InChI is InChI=1S/C21H21N3O3S/c1-14-13-23(20(26)15-7-3-2-4-8-15)11-12-24(14)21(27)18(25)19-22-16-9-5-6-10-17(16)28-19/h3,5-10,14H,2,4,11-13H2,1H3/t14-/m1/s1. The van der Waals surface area contributed by atoms with Gasteiger partial charge in [0, 0.05) is 31.2 Å². The van der Waals surface area contributed by atoms with E-state index in [9.17, 15) is 14.4 Å². The number of hydrogen-bond acceptors (Lipinski definition) is 5. The number of allylic oxidation sites excluding steroid dienone is 2. The second-order valence-corrected chi connectivity index (χ2v) is 8.08. The summed E-state index contributed by atoms with van der Waals surface area (Å²) in [6.45, 7) is 3.06. The highest BCUT2D eigenvalue weighted by molar-refractivity contribution is 7.21. The average Bonchev–Trinajstić information content (AvgIpc) is 3.17. The van der Waals surface area contributed by atoms with Crippen molar-refractivity contribution < 1.29 is 14.4 Å². The van der Waals surface area contributed by atoms with Gasteiger partial charge in [-0.2, -0.15) is 0 Å². The molecule has 144 valence electrons. The number of amides is 2. The van der Waals surface area contributed by atoms with E-state index in [4.69, 9.17) is 0 Å². The van der Waals surface area contributed by atoms with Gasteiger partial charge in [0.05, 0.1) is 10.2 Å². The zero-order valence-corrected chi connectivity index (χ0v) is 16.4. The lowest BCUT2D eigenvalue weighted by atomic mass is 10.0. The molecule has 0 N–H and O–H groups in total. The van der Waals surface area contributed by atoms with Crippen LogP contribution in [0.15, 0.2) is 48.1 Å². The van der Waals surface area contributed by atoms with Crippen LogP contribution in [0, 0.1) is 0 Å². The molecular weight excluding hydrogens is 374 g/mol. The van der Waals surface area contributed by atoms with Crippen molar-refractivity contribution in [2.75, 3.05) is 19.6 Å². The Labute approximate surface area is 167 Å². The van der Waals surface area contributed by atoms with E-state index in [1.54, 1.807) is 9.80 Å². The molecule has 28 heavy (non-hydrogen) atoms. The summed E-state index contributed by atoms with van der Waals surface area (Å²) in [6.07, 6.45) is 7.67. The fraction of sp³-hybridized carbons (Fsp3) is 0.333. The average molecular weight is 395 g/mol. The third-order valence-electron chi connectivity index (χ3n) is 5.10. The van der Waals surface area contributed by atoms with Crippen molar-refractivity contribution in [1.29, 1.82) is 0 Å². The van der Waals surface area contributed by atoms with Crippen molar-refractivity contribution in [3.8, 4) is 0 Å². The molecule has 2 aromatic rings. The minimum atomic E-state index is -0.578. The number of piperazine rings is 1. The Hall–Kier alpha value is -2.80. The second kappa shape index (κ2) is 7.67. The molecule has 0 radical (unpaired) electrons. The quantitative estimate of drug-likeness (QED) is 0.592. The number of benzene rings is 1. The smallest absolute Gasteiger partial charge is 0.297 e. The monoisotopic (exact) mass is 395 g/mol. The van der Waals surface area contributed by atoms with Crippen molar-refractivity contribution in [1.82, 2.24) is 14.8 Å². The van der Waals surface area contributed by atoms with Gasteiger partial charge in [-0.3, -0.25) is 14.4 Å². The zero-order chi connectivity index (χ0) is 19.7. The first-order chi connectivity index (χ1) is 13.5. The van der Waals surface area contributed by atoms with Gasteiger partial charge in [-0.05, 0) is 31.9 Å². The lowest BCUT2D eigenvalue weighted by Crippen LogP contribution is -2.57. The predicted molar refractivity (Wildman–Crippen MR) is 108 cm³/mol. The molecule has 0 unspecified atom stereocenters. The topological polar surface area (TPSA) is 70.6 Å². The number of rotatable bonds is 3. The fourth-order valence-corrected chi connectivity index (χ4v) is 4.49. The first-order valence-electron chi connectivity index (χ1n) is 9.41. The number of carbonyl (C=O) groups is 3. The zero-order valence-electron chi connectivity index (χ0n) is 15.6. The normalized spacial score (nSPS) is 19.6. The number of Topliss-reactive ketones (excluding diaryl/α,β-unsaturated/α-hetero) is 1. The van der Waals surface area contributed by atoms with Gasteiger partial charge in [-0.15, -0.1) is 11.3 Å². The number of carbonyl (C=O) groups excluding carboxylic acids is 3. The van der Waals surface area contributed by atoms with Gasteiger partial charge < -0.3 is 9.80 Å². The van der Waals surface area contributed by atoms with E-state index in [0.717, 1.165) is 23.1 Å². The van der Waals surface area contributed by atoms with Gasteiger partial charge in [0.2, 0.25) is 0 Å². The van der Waals surface area contributed by atoms with Gasteiger partial charge in [0.15, 0.2) is 5.01 Å². The van der Waals surface area contributed by atoms with Crippen LogP contribution in [-0.2, 0) is 9.59 Å². The van der Waals surface area contributed by atoms with E-state index in [1.807, 2.05) is 49.4 Å². The highest BCUT2D eigenvalue weighted by Gasteiger charge is 2.34. The van der Waals surface area contributed by atoms with Crippen LogP contribution in [-0.4, -0.2) is 58.1 Å². The summed E-state index contributed by atoms with van der Waals surface area (Å²) in [7, 11) is 0. The first-order valence-corrected chi connectivity index (χ1v) is 10.2. The molecule has 1 saturated heterocycles. The van der Waals surface area contributed by atoms with Crippen LogP contribution in [0.3, 0.4) is 0 Å². The third kappa shape index (κ3) is 3.49. The van der Waals surface area contributed by atoms with Crippen LogP contribution < -0.4 is 0 Å². The molecule has 1 atom stereocenters. The van der Waals surface area contributed by atoms with Crippen molar-refractivity contribution in [3.05, 3.63) is 53.1 Å². The number of ketones is 1. The Kier molecular flexibility index (Phi) is 5.09. The molecule has 1 aromatic heterocycles. The molecule has 1 aliphatic heterocycles. The number of nitrogens with zero attached hydrogens (tertiary/aromatic N) is 3. The SMILES string of the molecule is C[C@@H]1CN(C(=O)C2=CCCC=C2)CCN1C(=O)C(=O)c1nc2ccccc2s1. The number of aromatic nitrogens is 1. The third-order valence-corrected chi connectivity index (χ3v) is 6.14. The van der Waals surface area contributed by atoms with E-state index < -0.39 is 11.7 Å². The van der Waals surface area contributed by atoms with Crippen LogP contribution in [0.5, 0.6) is 0 Å². The molecule has 1 aromatic carbocycles. The van der Waals surface area contributed by atoms with Crippen molar-refractivity contribution in [2.45, 2.75) is 25.8 Å². The minimum absolute atomic E-state index is 0.00704. The number of thiazole rings is 1. The Balaban J connectivity index is 1.44. The first kappa shape index (κ1) is 18.6. The Morgan fingerprint density at radius 2 is 1.96 bits per heavy atom. The second-order valence-electron chi connectivity index (χ2n) is 7.05. The number of fused-ring (bicyclic) bond motifs is 1. The minimum Gasteiger partial charge on any atom is -0.335 e. The van der Waals surface area contributed by atoms with E-state index in [1.165, 1.54) is 11.3 Å². The summed E-state index contributed by atoms with van der Waals surface area (Å²) in [5, 5.41) is 0.217. The summed E-state index contributed by atoms with van der Waals surface area (Å²) in [6, 6.07) is 7.22. The number of para-hydroxylation sites is 1. The van der Waals surface area contributed by atoms with Crippen molar-refractivity contribution in [3.63, 3.8) is 0 Å². The molecular formula is C21H21N3O3S. The molecule has 0 bridgehead atoms. The van der Waals surface area contributed by atoms with E-state index >= 15 is 0 Å². The molecule has 4 rings (SSSR count). The van der Waals surface area contributed by atoms with E-state index in [-0.39, 0.29) is 17.0 Å². The van der Waals surface area contributed by atoms with Crippen LogP contribution in [0.2, 0.25) is 0 Å². The fourth-order valence-electron chi connectivity index (χ4n) is 3.59. The lowest BCUT2D eigenvalue weighted by molar-refractivity contribution is -0.137. The van der Waals surface area contributed by atoms with Crippen molar-refractivity contribution >= 4 is 39.2 Å². The maximum atomic E-state index is 12.8. The molecule has 2 aliphatic rings. The molecule has 0 spiro atoms. The molecule has 0 saturated carbocycles. The van der Waals surface area contributed by atoms with Gasteiger partial charge in [-0.1, -0.05) is 30.4 Å². The van der Waals surface area contributed by atoms with Gasteiger partial charge in [0.1, 0.15) is 0 Å². The maximum Gasteiger partial charge on any atom is 0.297 e. The molecule has 2 amide bonds. The Bertz CT molecular complexity index is 974. The summed E-state index contributed by atoms with van der Waals surface area (Å²) >= 11 is 1.24. The molecule has 7 heteroatoms. The summed E-state index contributed by atoms with van der Waals surface area (Å²) in [5.74, 6) is -1.13. The summed E-state index contributed by atoms with van der Waals surface area (Å²) < 4.78 is 0.885. The molecule has 2 heterocycles. The lowest BCUT2D eigenvalue weighted by Gasteiger charge is -2.39. The van der Waals surface area contributed by atoms with Gasteiger partial charge in [-0.25, -0.2) is 4.98 Å². The summed E-state index contributed by atoms with van der Waals surface area (Å²) in [5.41, 5.74) is 1.43. The van der Waals surface area contributed by atoms with Crippen molar-refractivity contribution in [2.24, 2.45) is 0 Å². The Morgan fingerprint density at radius 3 is 2.68 bits per heavy atom.